The van der Waals surface area contributed by atoms with Crippen molar-refractivity contribution in [2.24, 2.45) is 5.73 Å². The van der Waals surface area contributed by atoms with Gasteiger partial charge in [-0.05, 0) is 0 Å². The molecule has 0 aromatic heterocycles. The Bertz CT molecular complexity index is 324. The summed E-state index contributed by atoms with van der Waals surface area (Å²) in [5.41, 5.74) is 4.09. The van der Waals surface area contributed by atoms with Crippen LogP contribution < -0.4 is 5.73 Å². The predicted molar refractivity (Wildman–Crippen MR) is 36.4 cm³/mol. The molecule has 108 valence electrons. The van der Waals surface area contributed by atoms with Crippen LogP contribution in [0.25, 0.3) is 0 Å². The number of halogens is 9. The fourth-order valence-corrected chi connectivity index (χ4v) is 0.660. The average Bonchev–Trinajstić information content (AvgIpc) is 2.12. The van der Waals surface area contributed by atoms with Crippen molar-refractivity contribution in [3.8, 4) is 0 Å². The molecule has 0 atom stereocenters. The van der Waals surface area contributed by atoms with Crippen LogP contribution in [0.1, 0.15) is 0 Å². The summed E-state index contributed by atoms with van der Waals surface area (Å²) >= 11 is 0. The van der Waals surface area contributed by atoms with Crippen LogP contribution in [0, 0.1) is 0 Å². The molecule has 0 saturated carbocycles. The summed E-state index contributed by atoms with van der Waals surface area (Å²) in [6.45, 7) is -2.72. The Balaban J connectivity index is 5.29. The number of primary amides is 1. The summed E-state index contributed by atoms with van der Waals surface area (Å²) in [5.74, 6) is -19.8. The molecule has 0 aliphatic rings. The fraction of sp³-hybridized carbons (Fsp3) is 0.833. The third kappa shape index (κ3) is 2.72. The van der Waals surface area contributed by atoms with E-state index in [1.165, 1.54) is 0 Å². The zero-order valence-electron chi connectivity index (χ0n) is 8.00. The van der Waals surface area contributed by atoms with E-state index in [0.717, 1.165) is 0 Å². The molecule has 0 saturated heterocycles. The Labute approximate surface area is 92.7 Å². The topological polar surface area (TPSA) is 52.3 Å². The fourth-order valence-electron chi connectivity index (χ4n) is 0.660. The second-order valence-electron chi connectivity index (χ2n) is 2.96. The van der Waals surface area contributed by atoms with Crippen molar-refractivity contribution in [1.29, 1.82) is 0 Å². The van der Waals surface area contributed by atoms with Gasteiger partial charge in [-0.2, -0.15) is 39.5 Å². The van der Waals surface area contributed by atoms with E-state index in [1.54, 1.807) is 0 Å². The first-order valence-corrected chi connectivity index (χ1v) is 3.79. The lowest BCUT2D eigenvalue weighted by molar-refractivity contribution is -0.398. The number of carbonyl (C=O) groups excluding carboxylic acids is 1. The summed E-state index contributed by atoms with van der Waals surface area (Å²) in [5, 5.41) is 0. The highest BCUT2D eigenvalue weighted by Crippen LogP contribution is 2.52. The van der Waals surface area contributed by atoms with E-state index in [1.807, 2.05) is 0 Å². The van der Waals surface area contributed by atoms with Crippen LogP contribution in [-0.2, 0) is 4.74 Å². The number of nitrogens with two attached hydrogens (primary N) is 1. The molecule has 0 rings (SSSR count). The molecule has 3 nitrogen and oxygen atoms in total. The Morgan fingerprint density at radius 1 is 0.889 bits per heavy atom. The number of alkyl halides is 9. The van der Waals surface area contributed by atoms with E-state index >= 15 is 0 Å². The van der Waals surface area contributed by atoms with Crippen LogP contribution in [0.5, 0.6) is 0 Å². The first-order valence-electron chi connectivity index (χ1n) is 3.79. The molecule has 0 unspecified atom stereocenters. The van der Waals surface area contributed by atoms with E-state index in [2.05, 4.69) is 10.5 Å². The van der Waals surface area contributed by atoms with Gasteiger partial charge >= 0.3 is 30.0 Å². The lowest BCUT2D eigenvalue weighted by Crippen LogP contribution is -2.62. The Morgan fingerprint density at radius 3 is 1.56 bits per heavy atom. The van der Waals surface area contributed by atoms with Gasteiger partial charge in [-0.3, -0.25) is 0 Å². The number of hydrogen-bond donors (Lipinski definition) is 1. The summed E-state index contributed by atoms with van der Waals surface area (Å²) in [7, 11) is 0. The van der Waals surface area contributed by atoms with Crippen LogP contribution in [0.4, 0.5) is 44.3 Å². The van der Waals surface area contributed by atoms with Crippen molar-refractivity contribution in [3.05, 3.63) is 0 Å². The third-order valence-corrected chi connectivity index (χ3v) is 1.61. The molecule has 2 N–H and O–H groups in total. The summed E-state index contributed by atoms with van der Waals surface area (Å²) in [4.78, 5) is 9.83. The molecule has 12 heteroatoms. The standard InChI is InChI=1S/C6H4F9NO2/c7-3(8,1-18-2(16)17)4(9,10)5(11,12)6(13,14)15/h1H2,(H2,16,17). The van der Waals surface area contributed by atoms with Crippen molar-refractivity contribution in [2.45, 2.75) is 23.9 Å². The van der Waals surface area contributed by atoms with Gasteiger partial charge in [-0.15, -0.1) is 0 Å². The Hall–Kier alpha value is -1.36. The zero-order chi connectivity index (χ0) is 15.0. The smallest absolute Gasteiger partial charge is 0.443 e. The van der Waals surface area contributed by atoms with E-state index in [0.29, 0.717) is 0 Å². The number of rotatable bonds is 4. The Morgan fingerprint density at radius 2 is 1.28 bits per heavy atom. The summed E-state index contributed by atoms with van der Waals surface area (Å²) < 4.78 is 112. The number of hydrogen-bond acceptors (Lipinski definition) is 2. The van der Waals surface area contributed by atoms with Crippen LogP contribution in [-0.4, -0.2) is 36.6 Å². The first kappa shape index (κ1) is 16.6. The molecule has 0 heterocycles. The van der Waals surface area contributed by atoms with Crippen molar-refractivity contribution in [3.63, 3.8) is 0 Å². The highest BCUT2D eigenvalue weighted by atomic mass is 19.4. The van der Waals surface area contributed by atoms with Gasteiger partial charge in [0.1, 0.15) is 0 Å². The van der Waals surface area contributed by atoms with Gasteiger partial charge in [0.05, 0.1) is 0 Å². The molecule has 0 aliphatic heterocycles. The normalized spacial score (nSPS) is 14.5. The van der Waals surface area contributed by atoms with E-state index in [-0.39, 0.29) is 0 Å². The minimum atomic E-state index is -7.01. The highest BCUT2D eigenvalue weighted by molar-refractivity contribution is 5.64. The molecular weight excluding hydrogens is 289 g/mol. The van der Waals surface area contributed by atoms with Crippen molar-refractivity contribution >= 4 is 6.09 Å². The molecule has 0 aromatic rings. The molecule has 0 aliphatic carbocycles. The minimum Gasteiger partial charge on any atom is -0.443 e. The molecule has 0 aromatic carbocycles. The van der Waals surface area contributed by atoms with Crippen molar-refractivity contribution < 1.29 is 49.0 Å². The second kappa shape index (κ2) is 4.39. The third-order valence-electron chi connectivity index (χ3n) is 1.61. The number of amides is 1. The predicted octanol–water partition coefficient (Wildman–Crippen LogP) is 2.55. The molecule has 0 radical (unpaired) electrons. The summed E-state index contributed by atoms with van der Waals surface area (Å²) in [6, 6.07) is 0. The van der Waals surface area contributed by atoms with E-state index in [9.17, 15) is 44.3 Å². The first-order chi connectivity index (χ1) is 7.67. The van der Waals surface area contributed by atoms with Crippen LogP contribution >= 0.6 is 0 Å². The monoisotopic (exact) mass is 293 g/mol. The molecule has 18 heavy (non-hydrogen) atoms. The maximum absolute atomic E-state index is 12.5. The van der Waals surface area contributed by atoms with Crippen LogP contribution in [0.3, 0.4) is 0 Å². The maximum Gasteiger partial charge on any atom is 0.460 e. The lowest BCUT2D eigenvalue weighted by Gasteiger charge is -2.33. The zero-order valence-corrected chi connectivity index (χ0v) is 8.00. The van der Waals surface area contributed by atoms with Gasteiger partial charge in [0, 0.05) is 0 Å². The van der Waals surface area contributed by atoms with Crippen LogP contribution in [0.2, 0.25) is 0 Å². The molecule has 0 bridgehead atoms. The molecular formula is C6H4F9NO2. The lowest BCUT2D eigenvalue weighted by atomic mass is 10.0. The van der Waals surface area contributed by atoms with Crippen molar-refractivity contribution in [2.75, 3.05) is 6.61 Å². The van der Waals surface area contributed by atoms with E-state index in [4.69, 9.17) is 0 Å². The SMILES string of the molecule is NC(=O)OCC(F)(F)C(F)(F)C(F)(F)C(F)(F)F. The average molecular weight is 293 g/mol. The second-order valence-corrected chi connectivity index (χ2v) is 2.96. The number of carbonyl (C=O) groups is 1. The highest BCUT2D eigenvalue weighted by Gasteiger charge is 2.81. The quantitative estimate of drug-likeness (QED) is 0.810. The summed E-state index contributed by atoms with van der Waals surface area (Å²) in [6.07, 6.45) is -8.95. The van der Waals surface area contributed by atoms with E-state index < -0.39 is 36.6 Å². The maximum atomic E-state index is 12.5. The van der Waals surface area contributed by atoms with Gasteiger partial charge in [-0.25, -0.2) is 4.79 Å². The molecule has 0 spiro atoms. The molecule has 1 amide bonds. The largest absolute Gasteiger partial charge is 0.460 e. The van der Waals surface area contributed by atoms with Gasteiger partial charge in [-0.1, -0.05) is 0 Å². The van der Waals surface area contributed by atoms with Gasteiger partial charge < -0.3 is 10.5 Å². The van der Waals surface area contributed by atoms with Gasteiger partial charge in [0.15, 0.2) is 6.61 Å². The van der Waals surface area contributed by atoms with Crippen LogP contribution in [0.15, 0.2) is 0 Å². The van der Waals surface area contributed by atoms with Gasteiger partial charge in [0.2, 0.25) is 0 Å². The molecule has 0 fully saturated rings. The Kier molecular flexibility index (Phi) is 4.06. The minimum absolute atomic E-state index is 2.04. The van der Waals surface area contributed by atoms with Gasteiger partial charge in [0.25, 0.3) is 0 Å². The number of ether oxygens (including phenoxy) is 1. The van der Waals surface area contributed by atoms with Crippen molar-refractivity contribution in [1.82, 2.24) is 0 Å².